The molecule has 2 aromatic carbocycles. The number of alkyl halides is 3. The topological polar surface area (TPSA) is 75.5 Å². The number of carbonyl (C=O) groups excluding carboxylic acids is 1. The number of benzene rings is 2. The van der Waals surface area contributed by atoms with Crippen molar-refractivity contribution in [3.8, 4) is 0 Å². The summed E-state index contributed by atoms with van der Waals surface area (Å²) >= 11 is 18.1. The fraction of sp³-hybridized carbons (Fsp3) is 0.235. The maximum atomic E-state index is 12.5. The second kappa shape index (κ2) is 8.68. The number of nitro groups is 1. The first kappa shape index (κ1) is 20.5. The predicted molar refractivity (Wildman–Crippen MR) is 103 cm³/mol. The first-order chi connectivity index (χ1) is 12.2. The number of rotatable bonds is 6. The van der Waals surface area contributed by atoms with Crippen molar-refractivity contribution in [2.45, 2.75) is 16.5 Å². The fourth-order valence-corrected chi connectivity index (χ4v) is 3.01. The van der Waals surface area contributed by atoms with Crippen molar-refractivity contribution in [1.29, 1.82) is 0 Å². The molecule has 0 unspecified atom stereocenters. The van der Waals surface area contributed by atoms with Gasteiger partial charge in [-0.1, -0.05) is 65.1 Å². The van der Waals surface area contributed by atoms with Crippen LogP contribution in [0, 0.1) is 10.1 Å². The van der Waals surface area contributed by atoms with E-state index in [0.29, 0.717) is 6.54 Å². The van der Waals surface area contributed by atoms with Crippen molar-refractivity contribution in [3.63, 3.8) is 0 Å². The minimum absolute atomic E-state index is 0.110. The zero-order valence-electron chi connectivity index (χ0n) is 13.7. The van der Waals surface area contributed by atoms with Crippen LogP contribution in [0.5, 0.6) is 0 Å². The van der Waals surface area contributed by atoms with E-state index in [9.17, 15) is 14.9 Å². The molecular formula is C17H16Cl3N3O3. The van der Waals surface area contributed by atoms with Gasteiger partial charge in [0.1, 0.15) is 6.17 Å². The van der Waals surface area contributed by atoms with Crippen LogP contribution in [0.1, 0.15) is 15.9 Å². The molecule has 138 valence electrons. The Morgan fingerprint density at radius 3 is 2.23 bits per heavy atom. The summed E-state index contributed by atoms with van der Waals surface area (Å²) in [6.45, 7) is 0.444. The minimum atomic E-state index is -1.78. The van der Waals surface area contributed by atoms with Crippen LogP contribution in [0.25, 0.3) is 0 Å². The smallest absolute Gasteiger partial charge is 0.269 e. The maximum absolute atomic E-state index is 12.5. The van der Waals surface area contributed by atoms with Crippen LogP contribution < -0.4 is 5.32 Å². The van der Waals surface area contributed by atoms with Gasteiger partial charge >= 0.3 is 0 Å². The molecule has 0 saturated heterocycles. The number of carbonyl (C=O) groups is 1. The number of nitrogens with one attached hydrogen (secondary N) is 1. The Kier molecular flexibility index (Phi) is 6.83. The molecule has 6 nitrogen and oxygen atoms in total. The molecule has 0 radical (unpaired) electrons. The SMILES string of the molecule is CN(Cc1ccccc1)[C@H](NC(=O)c1ccc([N+](=O)[O-])cc1)C(Cl)(Cl)Cl. The number of halogens is 3. The van der Waals surface area contributed by atoms with E-state index >= 15 is 0 Å². The molecule has 0 aliphatic carbocycles. The molecule has 0 saturated carbocycles. The predicted octanol–water partition coefficient (Wildman–Crippen LogP) is 4.15. The molecule has 0 bridgehead atoms. The Bertz CT molecular complexity index is 764. The van der Waals surface area contributed by atoms with Crippen molar-refractivity contribution < 1.29 is 9.72 Å². The third-order valence-electron chi connectivity index (χ3n) is 3.63. The van der Waals surface area contributed by atoms with Crippen molar-refractivity contribution in [1.82, 2.24) is 10.2 Å². The molecule has 0 aromatic heterocycles. The highest BCUT2D eigenvalue weighted by atomic mass is 35.6. The van der Waals surface area contributed by atoms with Gasteiger partial charge in [-0.05, 0) is 24.7 Å². The highest BCUT2D eigenvalue weighted by molar-refractivity contribution is 6.68. The first-order valence-corrected chi connectivity index (χ1v) is 8.68. The molecule has 0 fully saturated rings. The molecule has 1 N–H and O–H groups in total. The first-order valence-electron chi connectivity index (χ1n) is 7.54. The quantitative estimate of drug-likeness (QED) is 0.332. The Hall–Kier alpha value is -1.86. The van der Waals surface area contributed by atoms with Gasteiger partial charge in [-0.3, -0.25) is 19.8 Å². The number of nitro benzene ring substituents is 1. The monoisotopic (exact) mass is 415 g/mol. The van der Waals surface area contributed by atoms with E-state index in [4.69, 9.17) is 34.8 Å². The highest BCUT2D eigenvalue weighted by Gasteiger charge is 2.37. The lowest BCUT2D eigenvalue weighted by atomic mass is 10.2. The molecule has 0 spiro atoms. The zero-order valence-corrected chi connectivity index (χ0v) is 16.0. The highest BCUT2D eigenvalue weighted by Crippen LogP contribution is 2.32. The second-order valence-electron chi connectivity index (χ2n) is 5.62. The van der Waals surface area contributed by atoms with Crippen LogP contribution in [0.4, 0.5) is 5.69 Å². The molecule has 26 heavy (non-hydrogen) atoms. The Labute approximate surface area is 165 Å². The van der Waals surface area contributed by atoms with Crippen LogP contribution in [0.3, 0.4) is 0 Å². The summed E-state index contributed by atoms with van der Waals surface area (Å²) in [5, 5.41) is 13.4. The summed E-state index contributed by atoms with van der Waals surface area (Å²) in [4.78, 5) is 24.3. The molecule has 0 heterocycles. The fourth-order valence-electron chi connectivity index (χ4n) is 2.35. The van der Waals surface area contributed by atoms with E-state index in [0.717, 1.165) is 5.56 Å². The van der Waals surface area contributed by atoms with E-state index < -0.39 is 20.8 Å². The largest absolute Gasteiger partial charge is 0.332 e. The third-order valence-corrected chi connectivity index (χ3v) is 4.25. The summed E-state index contributed by atoms with van der Waals surface area (Å²) < 4.78 is -1.78. The number of nitrogens with zero attached hydrogens (tertiary/aromatic N) is 2. The van der Waals surface area contributed by atoms with Crippen molar-refractivity contribution in [2.75, 3.05) is 7.05 Å². The number of non-ortho nitro benzene ring substituents is 1. The molecule has 1 amide bonds. The molecule has 2 rings (SSSR count). The summed E-state index contributed by atoms with van der Waals surface area (Å²) in [5.41, 5.74) is 1.10. The van der Waals surface area contributed by atoms with Crippen molar-refractivity contribution >= 4 is 46.4 Å². The van der Waals surface area contributed by atoms with Crippen molar-refractivity contribution in [3.05, 3.63) is 75.8 Å². The van der Waals surface area contributed by atoms with Gasteiger partial charge in [0.05, 0.1) is 4.92 Å². The van der Waals surface area contributed by atoms with Crippen LogP contribution in [-0.2, 0) is 6.54 Å². The van der Waals surface area contributed by atoms with Gasteiger partial charge < -0.3 is 5.32 Å². The van der Waals surface area contributed by atoms with Crippen LogP contribution in [0.15, 0.2) is 54.6 Å². The Balaban J connectivity index is 2.14. The summed E-state index contributed by atoms with van der Waals surface area (Å²) in [6.07, 6.45) is -0.907. The maximum Gasteiger partial charge on any atom is 0.269 e. The van der Waals surface area contributed by atoms with Crippen LogP contribution in [-0.4, -0.2) is 32.7 Å². The van der Waals surface area contributed by atoms with Crippen LogP contribution >= 0.6 is 34.8 Å². The molecule has 1 atom stereocenters. The summed E-state index contributed by atoms with van der Waals surface area (Å²) in [7, 11) is 1.72. The number of hydrogen-bond acceptors (Lipinski definition) is 4. The number of amides is 1. The van der Waals surface area contributed by atoms with Gasteiger partial charge in [-0.25, -0.2) is 0 Å². The average molecular weight is 417 g/mol. The average Bonchev–Trinajstić information content (AvgIpc) is 2.59. The van der Waals surface area contributed by atoms with Gasteiger partial charge in [0.2, 0.25) is 3.79 Å². The standard InChI is InChI=1S/C17H16Cl3N3O3/c1-22(11-12-5-3-2-4-6-12)16(17(18,19)20)21-15(24)13-7-9-14(10-8-13)23(25)26/h2-10,16H,11H2,1H3,(H,21,24)/t16-/m0/s1. The molecular weight excluding hydrogens is 401 g/mol. The van der Waals surface area contributed by atoms with Crippen LogP contribution in [0.2, 0.25) is 0 Å². The minimum Gasteiger partial charge on any atom is -0.332 e. The molecule has 0 aliphatic heterocycles. The van der Waals surface area contributed by atoms with Gasteiger partial charge in [0.15, 0.2) is 0 Å². The number of hydrogen-bond donors (Lipinski definition) is 1. The van der Waals surface area contributed by atoms with E-state index in [1.54, 1.807) is 11.9 Å². The van der Waals surface area contributed by atoms with Gasteiger partial charge in [0.25, 0.3) is 11.6 Å². The summed E-state index contributed by atoms with van der Waals surface area (Å²) in [5.74, 6) is -0.504. The molecule has 0 aliphatic rings. The normalized spacial score (nSPS) is 12.7. The van der Waals surface area contributed by atoms with E-state index in [2.05, 4.69) is 5.32 Å². The zero-order chi connectivity index (χ0) is 19.3. The third kappa shape index (κ3) is 5.57. The van der Waals surface area contributed by atoms with Gasteiger partial charge in [0, 0.05) is 24.2 Å². The lowest BCUT2D eigenvalue weighted by Gasteiger charge is -2.33. The Morgan fingerprint density at radius 2 is 1.73 bits per heavy atom. The lowest BCUT2D eigenvalue weighted by Crippen LogP contribution is -2.53. The van der Waals surface area contributed by atoms with E-state index in [1.807, 2.05) is 30.3 Å². The van der Waals surface area contributed by atoms with Gasteiger partial charge in [-0.15, -0.1) is 0 Å². The van der Waals surface area contributed by atoms with E-state index in [1.165, 1.54) is 24.3 Å². The van der Waals surface area contributed by atoms with Gasteiger partial charge in [-0.2, -0.15) is 0 Å². The lowest BCUT2D eigenvalue weighted by molar-refractivity contribution is -0.384. The van der Waals surface area contributed by atoms with Crippen molar-refractivity contribution in [2.24, 2.45) is 0 Å². The second-order valence-corrected chi connectivity index (χ2v) is 7.99. The summed E-state index contributed by atoms with van der Waals surface area (Å²) in [6, 6.07) is 14.7. The molecule has 9 heteroatoms. The molecule has 2 aromatic rings. The van der Waals surface area contributed by atoms with E-state index in [-0.39, 0.29) is 11.3 Å². The Morgan fingerprint density at radius 1 is 1.15 bits per heavy atom.